The third kappa shape index (κ3) is 21.6. The maximum atomic E-state index is 17.3. The maximum Gasteiger partial charge on any atom is 0.224 e. The van der Waals surface area contributed by atoms with E-state index in [4.69, 9.17) is 30.8 Å². The molecule has 0 spiro atoms. The van der Waals surface area contributed by atoms with Crippen LogP contribution in [0.15, 0.2) is 0 Å². The average Bonchev–Trinajstić information content (AvgIpc) is 0.678. The van der Waals surface area contributed by atoms with E-state index < -0.39 is 33.0 Å². The van der Waals surface area contributed by atoms with Crippen molar-refractivity contribution < 1.29 is 28.9 Å². The number of hydrogen-bond donors (Lipinski definition) is 2. The predicted molar refractivity (Wildman–Crippen MR) is 379 cm³/mol. The number of nitrogens with two attached hydrogens (primary N) is 2. The number of nitrogens with zero attached hydrogens (tertiary/aromatic N) is 4. The van der Waals surface area contributed by atoms with Gasteiger partial charge in [-0.3, -0.25) is 28.9 Å². The molecule has 0 atom stereocenters. The number of unbranched alkanes of at least 4 members (excludes halogenated alkanes) is 23. The van der Waals surface area contributed by atoms with Crippen LogP contribution in [0.2, 0.25) is 0 Å². The first-order chi connectivity index (χ1) is 42.1. The third-order valence-electron chi connectivity index (χ3n) is 22.9. The molecule has 0 aliphatic carbocycles. The third-order valence-corrected chi connectivity index (χ3v) is 22.9. The van der Waals surface area contributed by atoms with Crippen LogP contribution in [0.4, 0.5) is 0 Å². The fourth-order valence-electron chi connectivity index (χ4n) is 20.4. The van der Waals surface area contributed by atoms with Crippen molar-refractivity contribution in [2.75, 3.05) is 26.4 Å². The fourth-order valence-corrected chi connectivity index (χ4v) is 20.4. The van der Waals surface area contributed by atoms with Gasteiger partial charge in [0.05, 0.1) is 31.8 Å². The van der Waals surface area contributed by atoms with Crippen LogP contribution in [0.1, 0.15) is 382 Å². The summed E-state index contributed by atoms with van der Waals surface area (Å²) in [6, 6.07) is 0. The van der Waals surface area contributed by atoms with Gasteiger partial charge in [-0.2, -0.15) is 20.3 Å². The highest BCUT2D eigenvalue weighted by atomic mass is 16.7. The average molecular weight is 1270 g/mol. The highest BCUT2D eigenvalue weighted by Crippen LogP contribution is 2.73. The molecule has 0 unspecified atom stereocenters. The Hall–Kier alpha value is -1.38. The lowest BCUT2D eigenvalue weighted by Gasteiger charge is -2.72. The molecule has 0 aromatic rings. The van der Waals surface area contributed by atoms with Crippen molar-refractivity contribution in [2.24, 2.45) is 46.0 Å². The van der Waals surface area contributed by atoms with Crippen LogP contribution in [0.25, 0.3) is 0 Å². The number of hydrogen-bond acceptors (Lipinski definition) is 10. The van der Waals surface area contributed by atoms with Crippen LogP contribution >= 0.6 is 0 Å². The minimum Gasteiger partial charge on any atom is -0.370 e. The summed E-state index contributed by atoms with van der Waals surface area (Å²) in [6.07, 6.45) is 40.5. The summed E-state index contributed by atoms with van der Waals surface area (Å²) in [5.41, 5.74) is 9.06. The smallest absolute Gasteiger partial charge is 0.224 e. The first-order valence-electron chi connectivity index (χ1n) is 38.4. The summed E-state index contributed by atoms with van der Waals surface area (Å²) < 4.78 is 0. The van der Waals surface area contributed by atoms with E-state index >= 15 is 4.79 Å². The largest absolute Gasteiger partial charge is 0.370 e. The lowest BCUT2D eigenvalue weighted by Crippen LogP contribution is -2.75. The molecule has 4 N–H and O–H groups in total. The van der Waals surface area contributed by atoms with Crippen LogP contribution < -0.4 is 11.5 Å². The molecular weight excluding hydrogens is 1120 g/mol. The van der Waals surface area contributed by atoms with Crippen molar-refractivity contribution in [1.82, 2.24) is 20.3 Å². The molecule has 530 valence electrons. The molecule has 4 fully saturated rings. The quantitative estimate of drug-likeness (QED) is 0.0567. The second kappa shape index (κ2) is 36.3. The Balaban J connectivity index is 2.13. The van der Waals surface area contributed by atoms with Crippen molar-refractivity contribution in [3.63, 3.8) is 0 Å². The number of carbonyl (C=O) groups is 2. The fraction of sp³-hybridized carbons (Fsp3) is 0.974. The lowest BCUT2D eigenvalue weighted by molar-refractivity contribution is -0.336. The maximum absolute atomic E-state index is 17.3. The summed E-state index contributed by atoms with van der Waals surface area (Å²) in [6.45, 7) is 50.9. The summed E-state index contributed by atoms with van der Waals surface area (Å²) in [5, 5.41) is 9.62. The van der Waals surface area contributed by atoms with E-state index in [2.05, 4.69) is 159 Å². The monoisotopic (exact) mass is 1270 g/mol. The highest BCUT2D eigenvalue weighted by Gasteiger charge is 2.74. The van der Waals surface area contributed by atoms with E-state index in [-0.39, 0.29) is 57.6 Å². The van der Waals surface area contributed by atoms with E-state index in [1.165, 1.54) is 128 Å². The van der Waals surface area contributed by atoms with Crippen LogP contribution in [-0.4, -0.2) is 103 Å². The molecule has 12 nitrogen and oxygen atoms in total. The van der Waals surface area contributed by atoms with Gasteiger partial charge < -0.3 is 11.5 Å². The molecule has 12 heteroatoms. The molecule has 4 heterocycles. The van der Waals surface area contributed by atoms with Gasteiger partial charge in [0.2, 0.25) is 11.8 Å². The van der Waals surface area contributed by atoms with Crippen molar-refractivity contribution in [1.29, 1.82) is 0 Å². The minimum absolute atomic E-state index is 0.0858. The first-order valence-corrected chi connectivity index (χ1v) is 38.4. The summed E-state index contributed by atoms with van der Waals surface area (Å²) in [5.74, 6) is -0.329. The SMILES string of the molecule is CCCCCCCCON1C(C)(C)CC(C(CCCCCCC(N)=O)(C2CC(C)(C)N(OCCCCCCCC)C(C)(C)C2)C(C(N)=O)(C2CC(C)(C)N(OCCCCCCCC)C(C)(C)C2)C2CC(C)(C)N(OCCCCCCCC)C(C)(C)C2)CC1(C)C. The molecule has 4 saturated heterocycles. The lowest BCUT2D eigenvalue weighted by atomic mass is 9.36. The van der Waals surface area contributed by atoms with Crippen molar-refractivity contribution in [2.45, 2.75) is 427 Å². The Bertz CT molecular complexity index is 1860. The van der Waals surface area contributed by atoms with E-state index in [0.29, 0.717) is 32.8 Å². The summed E-state index contributed by atoms with van der Waals surface area (Å²) in [4.78, 5) is 58.4. The summed E-state index contributed by atoms with van der Waals surface area (Å²) in [7, 11) is 0. The van der Waals surface area contributed by atoms with Crippen LogP contribution in [0.5, 0.6) is 0 Å². The van der Waals surface area contributed by atoms with Gasteiger partial charge in [0, 0.05) is 50.7 Å². The number of rotatable bonds is 45. The molecule has 0 radical (unpaired) electrons. The first kappa shape index (κ1) is 81.1. The van der Waals surface area contributed by atoms with Crippen LogP contribution in [-0.2, 0) is 28.9 Å². The molecule has 2 amide bonds. The number of hydroxylamine groups is 8. The highest BCUT2D eigenvalue weighted by molar-refractivity contribution is 5.83. The summed E-state index contributed by atoms with van der Waals surface area (Å²) >= 11 is 0. The standard InChI is InChI=1S/C78H152N6O6/c1-21-25-29-33-39-45-51-87-81-69(5,6)55-63(56-70(81,7)8)77(50-44-38-37-43-49-67(79)85,64-57-71(9,10)82(72(11,12)58-64)88-52-46-40-34-30-26-22-2)78(68(80)86,65-59-73(13,14)83(74(15,16)60-65)89-53-47-41-35-31-27-23-3)66-61-75(17,18)84(76(19,20)62-66)90-54-48-42-36-32-28-24-4/h63-66H,21-62H2,1-20H3,(H2,79,85)(H2,80,86). The van der Waals surface area contributed by atoms with E-state index in [1.54, 1.807) is 0 Å². The van der Waals surface area contributed by atoms with Crippen molar-refractivity contribution in [3.05, 3.63) is 0 Å². The van der Waals surface area contributed by atoms with Gasteiger partial charge in [0.25, 0.3) is 0 Å². The normalized spacial score (nSPS) is 22.8. The predicted octanol–water partition coefficient (Wildman–Crippen LogP) is 20.5. The molecule has 4 aliphatic rings. The topological polar surface area (TPSA) is 136 Å². The Kier molecular flexibility index (Phi) is 32.7. The molecule has 0 aromatic heterocycles. The minimum atomic E-state index is -1.00. The number of piperidine rings is 4. The molecule has 0 aromatic carbocycles. The Morgan fingerprint density at radius 3 is 0.767 bits per heavy atom. The van der Waals surface area contributed by atoms with Crippen molar-refractivity contribution >= 4 is 11.8 Å². The zero-order valence-electron chi connectivity index (χ0n) is 63.4. The van der Waals surface area contributed by atoms with E-state index in [9.17, 15) is 4.79 Å². The molecule has 4 rings (SSSR count). The van der Waals surface area contributed by atoms with Gasteiger partial charge in [-0.25, -0.2) is 0 Å². The molecule has 4 aliphatic heterocycles. The van der Waals surface area contributed by atoms with Gasteiger partial charge in [0.1, 0.15) is 0 Å². The number of amides is 2. The van der Waals surface area contributed by atoms with E-state index in [1.807, 2.05) is 0 Å². The second-order valence-electron chi connectivity index (χ2n) is 35.2. The van der Waals surface area contributed by atoms with Crippen LogP contribution in [0.3, 0.4) is 0 Å². The van der Waals surface area contributed by atoms with Crippen LogP contribution in [0, 0.1) is 34.5 Å². The molecular formula is C78H152N6O6. The molecule has 0 saturated carbocycles. The molecule has 0 bridgehead atoms. The number of primary amides is 2. The Morgan fingerprint density at radius 1 is 0.322 bits per heavy atom. The van der Waals surface area contributed by atoms with Gasteiger partial charge in [-0.1, -0.05) is 175 Å². The molecule has 90 heavy (non-hydrogen) atoms. The zero-order chi connectivity index (χ0) is 67.3. The van der Waals surface area contributed by atoms with Gasteiger partial charge in [-0.15, -0.1) is 0 Å². The van der Waals surface area contributed by atoms with E-state index in [0.717, 1.165) is 109 Å². The zero-order valence-corrected chi connectivity index (χ0v) is 63.4. The second-order valence-corrected chi connectivity index (χ2v) is 35.2. The van der Waals surface area contributed by atoms with Crippen molar-refractivity contribution in [3.8, 4) is 0 Å². The number of carbonyl (C=O) groups excluding carboxylic acids is 2. The van der Waals surface area contributed by atoms with Gasteiger partial charge in [0.15, 0.2) is 0 Å². The Morgan fingerprint density at radius 2 is 0.533 bits per heavy atom. The van der Waals surface area contributed by atoms with Gasteiger partial charge >= 0.3 is 0 Å². The Labute approximate surface area is 557 Å². The van der Waals surface area contributed by atoms with Gasteiger partial charge in [-0.05, 0) is 230 Å².